The summed E-state index contributed by atoms with van der Waals surface area (Å²) in [6.45, 7) is 5.77. The molecule has 0 radical (unpaired) electrons. The lowest BCUT2D eigenvalue weighted by molar-refractivity contribution is -0.147. The highest BCUT2D eigenvalue weighted by Gasteiger charge is 2.38. The number of nitrogens with zero attached hydrogens (tertiary/aromatic N) is 5. The molecule has 3 rings (SSSR count). The summed E-state index contributed by atoms with van der Waals surface area (Å²) in [4.78, 5) is 26.8. The Kier molecular flexibility index (Phi) is 4.98. The lowest BCUT2D eigenvalue weighted by Gasteiger charge is -2.41. The maximum absolute atomic E-state index is 12.4. The van der Waals surface area contributed by atoms with Gasteiger partial charge < -0.3 is 20.0 Å². The Balaban J connectivity index is 1.47. The average Bonchev–Trinajstić information content (AvgIpc) is 2.59. The number of aliphatic hydroxyl groups excluding tert-OH is 1. The molecule has 0 unspecified atom stereocenters. The van der Waals surface area contributed by atoms with Crippen LogP contribution in [0.5, 0.6) is 0 Å². The highest BCUT2D eigenvalue weighted by Crippen LogP contribution is 2.22. The van der Waals surface area contributed by atoms with Crippen molar-refractivity contribution in [3.8, 4) is 0 Å². The maximum Gasteiger partial charge on any atom is 0.236 e. The summed E-state index contributed by atoms with van der Waals surface area (Å²) in [5.41, 5.74) is -1.10. The average molecular weight is 335 g/mol. The second kappa shape index (κ2) is 7.00. The summed E-state index contributed by atoms with van der Waals surface area (Å²) >= 11 is 0. The maximum atomic E-state index is 12.4. The fourth-order valence-corrected chi connectivity index (χ4v) is 3.10. The fourth-order valence-electron chi connectivity index (χ4n) is 3.10. The summed E-state index contributed by atoms with van der Waals surface area (Å²) in [5.74, 6) is 0.735. The van der Waals surface area contributed by atoms with Crippen molar-refractivity contribution in [2.45, 2.75) is 25.0 Å². The molecule has 2 aliphatic rings. The van der Waals surface area contributed by atoms with Crippen LogP contribution >= 0.6 is 0 Å². The molecule has 1 aromatic rings. The van der Waals surface area contributed by atoms with Crippen LogP contribution in [0, 0.1) is 0 Å². The van der Waals surface area contributed by atoms with Crippen molar-refractivity contribution in [3.63, 3.8) is 0 Å². The largest absolute Gasteiger partial charge is 0.388 e. The lowest BCUT2D eigenvalue weighted by Crippen LogP contribution is -2.57. The molecule has 1 aromatic heterocycles. The number of rotatable bonds is 3. The highest BCUT2D eigenvalue weighted by atomic mass is 16.3. The number of carbonyl (C=O) groups is 1. The van der Waals surface area contributed by atoms with Crippen molar-refractivity contribution in [2.75, 3.05) is 50.7 Å². The van der Waals surface area contributed by atoms with Crippen molar-refractivity contribution in [1.82, 2.24) is 19.8 Å². The number of carbonyl (C=O) groups excluding carboxylic acids is 1. The van der Waals surface area contributed by atoms with Crippen molar-refractivity contribution in [3.05, 3.63) is 18.5 Å². The van der Waals surface area contributed by atoms with Gasteiger partial charge in [0.05, 0.1) is 18.2 Å². The number of likely N-dealkylation sites (tertiary alicyclic amines) is 1. The van der Waals surface area contributed by atoms with E-state index in [2.05, 4.69) is 19.8 Å². The Morgan fingerprint density at radius 3 is 2.54 bits per heavy atom. The van der Waals surface area contributed by atoms with Gasteiger partial charge in [-0.05, 0) is 19.4 Å². The van der Waals surface area contributed by atoms with E-state index >= 15 is 0 Å². The van der Waals surface area contributed by atoms with Gasteiger partial charge in [0.1, 0.15) is 0 Å². The third kappa shape index (κ3) is 3.82. The monoisotopic (exact) mass is 335 g/mol. The van der Waals surface area contributed by atoms with Gasteiger partial charge in [-0.3, -0.25) is 9.69 Å². The van der Waals surface area contributed by atoms with Crippen LogP contribution in [0.2, 0.25) is 0 Å². The predicted octanol–water partition coefficient (Wildman–Crippen LogP) is -1.06. The van der Waals surface area contributed by atoms with E-state index in [-0.39, 0.29) is 12.5 Å². The van der Waals surface area contributed by atoms with E-state index in [0.29, 0.717) is 19.5 Å². The summed E-state index contributed by atoms with van der Waals surface area (Å²) in [6, 6.07) is 1.79. The standard InChI is InChI=1S/C16H25N5O3/c1-16(24)3-6-21(11-13(16)22)14(23)12-19-7-9-20(10-8-19)15-17-4-2-5-18-15/h2,4-5,13,22,24H,3,6-12H2,1H3/t13-,16+/m0/s1. The zero-order valence-electron chi connectivity index (χ0n) is 14.0. The SMILES string of the molecule is C[C@@]1(O)CCN(C(=O)CN2CCN(c3ncccn3)CC2)C[C@@H]1O. The molecule has 2 atom stereocenters. The van der Waals surface area contributed by atoms with Crippen LogP contribution in [0.25, 0.3) is 0 Å². The van der Waals surface area contributed by atoms with Gasteiger partial charge in [0.15, 0.2) is 0 Å². The third-order valence-electron chi connectivity index (χ3n) is 4.92. The first-order valence-electron chi connectivity index (χ1n) is 8.38. The number of hydrogen-bond acceptors (Lipinski definition) is 7. The Bertz CT molecular complexity index is 560. The van der Waals surface area contributed by atoms with E-state index in [9.17, 15) is 15.0 Å². The van der Waals surface area contributed by atoms with Gasteiger partial charge in [-0.25, -0.2) is 9.97 Å². The van der Waals surface area contributed by atoms with Crippen LogP contribution in [-0.4, -0.2) is 93.4 Å². The topological polar surface area (TPSA) is 93.0 Å². The molecule has 0 aliphatic carbocycles. The number of aromatic nitrogens is 2. The molecule has 24 heavy (non-hydrogen) atoms. The second-order valence-electron chi connectivity index (χ2n) is 6.77. The lowest BCUT2D eigenvalue weighted by atomic mass is 9.91. The smallest absolute Gasteiger partial charge is 0.236 e. The Morgan fingerprint density at radius 1 is 1.25 bits per heavy atom. The van der Waals surface area contributed by atoms with E-state index in [0.717, 1.165) is 32.1 Å². The summed E-state index contributed by atoms with van der Waals surface area (Å²) in [5, 5.41) is 19.9. The Hall–Kier alpha value is -1.77. The van der Waals surface area contributed by atoms with E-state index < -0.39 is 11.7 Å². The number of piperazine rings is 1. The van der Waals surface area contributed by atoms with Crippen molar-refractivity contribution in [1.29, 1.82) is 0 Å². The number of hydrogen-bond donors (Lipinski definition) is 2. The number of β-amino-alcohol motifs (C(OH)–C–C–N with tert-alkyl or cyclic N) is 1. The van der Waals surface area contributed by atoms with Gasteiger partial charge in [0.2, 0.25) is 11.9 Å². The molecule has 8 nitrogen and oxygen atoms in total. The zero-order valence-corrected chi connectivity index (χ0v) is 14.0. The minimum absolute atomic E-state index is 0.00830. The highest BCUT2D eigenvalue weighted by molar-refractivity contribution is 5.78. The quantitative estimate of drug-likeness (QED) is 0.727. The van der Waals surface area contributed by atoms with Gasteiger partial charge in [-0.1, -0.05) is 0 Å². The van der Waals surface area contributed by atoms with Gasteiger partial charge in [-0.2, -0.15) is 0 Å². The fraction of sp³-hybridized carbons (Fsp3) is 0.688. The molecule has 0 saturated carbocycles. The van der Waals surface area contributed by atoms with Crippen LogP contribution in [0.3, 0.4) is 0 Å². The van der Waals surface area contributed by atoms with Crippen LogP contribution in [0.4, 0.5) is 5.95 Å². The third-order valence-corrected chi connectivity index (χ3v) is 4.92. The molecule has 2 N–H and O–H groups in total. The van der Waals surface area contributed by atoms with Crippen LogP contribution < -0.4 is 4.90 Å². The van der Waals surface area contributed by atoms with E-state index in [1.165, 1.54) is 0 Å². The number of amides is 1. The molecule has 0 bridgehead atoms. The van der Waals surface area contributed by atoms with Gasteiger partial charge in [0.25, 0.3) is 0 Å². The molecule has 132 valence electrons. The normalized spacial score (nSPS) is 28.9. The second-order valence-corrected chi connectivity index (χ2v) is 6.77. The minimum atomic E-state index is -1.10. The summed E-state index contributed by atoms with van der Waals surface area (Å²) in [7, 11) is 0. The number of anilines is 1. The van der Waals surface area contributed by atoms with Gasteiger partial charge >= 0.3 is 0 Å². The van der Waals surface area contributed by atoms with Crippen molar-refractivity contribution in [2.24, 2.45) is 0 Å². The first-order chi connectivity index (χ1) is 11.5. The van der Waals surface area contributed by atoms with Crippen molar-refractivity contribution >= 4 is 11.9 Å². The minimum Gasteiger partial charge on any atom is -0.388 e. The molecule has 1 amide bonds. The van der Waals surface area contributed by atoms with Crippen LogP contribution in [0.15, 0.2) is 18.5 Å². The first kappa shape index (κ1) is 17.1. The van der Waals surface area contributed by atoms with Crippen molar-refractivity contribution < 1.29 is 15.0 Å². The molecule has 3 heterocycles. The summed E-state index contributed by atoms with van der Waals surface area (Å²) in [6.07, 6.45) is 2.98. The first-order valence-corrected chi connectivity index (χ1v) is 8.38. The van der Waals surface area contributed by atoms with E-state index in [1.807, 2.05) is 0 Å². The number of aliphatic hydroxyl groups is 2. The predicted molar refractivity (Wildman–Crippen MR) is 88.5 cm³/mol. The number of piperidine rings is 1. The molecular weight excluding hydrogens is 310 g/mol. The summed E-state index contributed by atoms with van der Waals surface area (Å²) < 4.78 is 0. The Labute approximate surface area is 141 Å². The van der Waals surface area contributed by atoms with E-state index in [4.69, 9.17) is 0 Å². The molecule has 8 heteroatoms. The zero-order chi connectivity index (χ0) is 17.2. The molecule has 2 fully saturated rings. The van der Waals surface area contributed by atoms with E-state index in [1.54, 1.807) is 30.3 Å². The Morgan fingerprint density at radius 2 is 1.92 bits per heavy atom. The molecule has 2 saturated heterocycles. The molecular formula is C16H25N5O3. The van der Waals surface area contributed by atoms with Gasteiger partial charge in [0, 0.05) is 51.7 Å². The molecule has 0 aromatic carbocycles. The van der Waals surface area contributed by atoms with Crippen LogP contribution in [-0.2, 0) is 4.79 Å². The van der Waals surface area contributed by atoms with Crippen LogP contribution in [0.1, 0.15) is 13.3 Å². The molecule has 2 aliphatic heterocycles. The molecule has 0 spiro atoms. The van der Waals surface area contributed by atoms with Gasteiger partial charge in [-0.15, -0.1) is 0 Å².